The van der Waals surface area contributed by atoms with Crippen molar-refractivity contribution in [3.8, 4) is 0 Å². The van der Waals surface area contributed by atoms with E-state index in [2.05, 4.69) is 26.0 Å². The second kappa shape index (κ2) is 8.89. The third-order valence-corrected chi connectivity index (χ3v) is 3.60. The van der Waals surface area contributed by atoms with Crippen molar-refractivity contribution in [2.45, 2.75) is 13.0 Å². The summed E-state index contributed by atoms with van der Waals surface area (Å²) in [4.78, 5) is 2.06. The van der Waals surface area contributed by atoms with Gasteiger partial charge in [-0.25, -0.2) is 4.39 Å². The first-order valence-electron chi connectivity index (χ1n) is 6.18. The number of halogens is 2. The largest absolute Gasteiger partial charge is 0.409 e. The molecule has 0 spiro atoms. The molecule has 0 aliphatic heterocycles. The van der Waals surface area contributed by atoms with Gasteiger partial charge in [-0.1, -0.05) is 21.1 Å². The van der Waals surface area contributed by atoms with Crippen LogP contribution in [0.4, 0.5) is 4.39 Å². The number of amidine groups is 1. The Balaban J connectivity index is 2.69. The molecule has 1 aromatic rings. The average molecular weight is 348 g/mol. The van der Waals surface area contributed by atoms with Crippen molar-refractivity contribution in [2.24, 2.45) is 10.9 Å². The van der Waals surface area contributed by atoms with Gasteiger partial charge in [0.15, 0.2) is 0 Å². The molecule has 0 aliphatic carbocycles. The number of rotatable bonds is 8. The van der Waals surface area contributed by atoms with E-state index in [9.17, 15) is 4.39 Å². The van der Waals surface area contributed by atoms with Crippen LogP contribution in [0.3, 0.4) is 0 Å². The van der Waals surface area contributed by atoms with Crippen molar-refractivity contribution < 1.29 is 14.3 Å². The van der Waals surface area contributed by atoms with Crippen molar-refractivity contribution in [1.82, 2.24) is 4.90 Å². The van der Waals surface area contributed by atoms with Gasteiger partial charge >= 0.3 is 0 Å². The van der Waals surface area contributed by atoms with E-state index in [1.165, 1.54) is 12.1 Å². The summed E-state index contributed by atoms with van der Waals surface area (Å²) in [6.45, 7) is 2.39. The molecule has 0 saturated heterocycles. The topological polar surface area (TPSA) is 71.1 Å². The zero-order chi connectivity index (χ0) is 15.0. The smallest absolute Gasteiger partial charge is 0.140 e. The summed E-state index contributed by atoms with van der Waals surface area (Å²) >= 11 is 3.41. The number of ether oxygens (including phenoxy) is 1. The highest BCUT2D eigenvalue weighted by Gasteiger charge is 2.10. The van der Waals surface area contributed by atoms with Gasteiger partial charge in [0.1, 0.15) is 11.7 Å². The third kappa shape index (κ3) is 5.85. The highest BCUT2D eigenvalue weighted by atomic mass is 79.9. The minimum Gasteiger partial charge on any atom is -0.409 e. The second-order valence-electron chi connectivity index (χ2n) is 4.35. The molecule has 7 heteroatoms. The Morgan fingerprint density at radius 1 is 1.50 bits per heavy atom. The van der Waals surface area contributed by atoms with E-state index in [-0.39, 0.29) is 11.7 Å². The fourth-order valence-electron chi connectivity index (χ4n) is 1.72. The lowest BCUT2D eigenvalue weighted by molar-refractivity contribution is 0.145. The van der Waals surface area contributed by atoms with E-state index < -0.39 is 0 Å². The molecule has 0 heterocycles. The lowest BCUT2D eigenvalue weighted by Crippen LogP contribution is -2.31. The molecule has 0 radical (unpaired) electrons. The Morgan fingerprint density at radius 3 is 2.90 bits per heavy atom. The Hall–Kier alpha value is -1.18. The molecule has 5 nitrogen and oxygen atoms in total. The summed E-state index contributed by atoms with van der Waals surface area (Å²) in [5.74, 6) is -0.1000. The molecule has 1 aromatic carbocycles. The SMILES string of the molecule is COCCN(CCC(N)=NO)Cc1cc(F)ccc1Br. The molecular weight excluding hydrogens is 329 g/mol. The van der Waals surface area contributed by atoms with Crippen LogP contribution in [-0.2, 0) is 11.3 Å². The van der Waals surface area contributed by atoms with Crippen LogP contribution in [0.2, 0.25) is 0 Å². The molecule has 0 atom stereocenters. The predicted molar refractivity (Wildman–Crippen MR) is 79.3 cm³/mol. The highest BCUT2D eigenvalue weighted by molar-refractivity contribution is 9.10. The van der Waals surface area contributed by atoms with Crippen molar-refractivity contribution in [1.29, 1.82) is 0 Å². The summed E-state index contributed by atoms with van der Waals surface area (Å²) in [6.07, 6.45) is 0.438. The van der Waals surface area contributed by atoms with Gasteiger partial charge < -0.3 is 15.7 Å². The molecule has 0 bridgehead atoms. The average Bonchev–Trinajstić information content (AvgIpc) is 2.45. The molecule has 1 rings (SSSR count). The summed E-state index contributed by atoms with van der Waals surface area (Å²) in [5.41, 5.74) is 6.32. The number of nitrogens with zero attached hydrogens (tertiary/aromatic N) is 2. The zero-order valence-electron chi connectivity index (χ0n) is 11.4. The molecule has 112 valence electrons. The van der Waals surface area contributed by atoms with E-state index in [1.54, 1.807) is 13.2 Å². The van der Waals surface area contributed by atoms with Gasteiger partial charge in [0.05, 0.1) is 6.61 Å². The Kier molecular flexibility index (Phi) is 7.50. The summed E-state index contributed by atoms with van der Waals surface area (Å²) < 4.78 is 19.2. The fraction of sp³-hybridized carbons (Fsp3) is 0.462. The van der Waals surface area contributed by atoms with Crippen LogP contribution in [0, 0.1) is 5.82 Å². The highest BCUT2D eigenvalue weighted by Crippen LogP contribution is 2.19. The zero-order valence-corrected chi connectivity index (χ0v) is 12.9. The maximum atomic E-state index is 13.3. The monoisotopic (exact) mass is 347 g/mol. The van der Waals surface area contributed by atoms with E-state index in [1.807, 2.05) is 0 Å². The first-order chi connectivity index (χ1) is 9.56. The van der Waals surface area contributed by atoms with E-state index in [0.29, 0.717) is 32.7 Å². The molecule has 0 aliphatic rings. The standard InChI is InChI=1S/C13H19BrFN3O2/c1-20-7-6-18(5-4-13(16)17-19)9-10-8-11(15)2-3-12(10)14/h2-3,8,19H,4-7,9H2,1H3,(H2,16,17). The Bertz CT molecular complexity index is 457. The molecule has 0 unspecified atom stereocenters. The van der Waals surface area contributed by atoms with Gasteiger partial charge in [0.2, 0.25) is 0 Å². The molecule has 20 heavy (non-hydrogen) atoms. The fourth-order valence-corrected chi connectivity index (χ4v) is 2.09. The number of hydrogen-bond donors (Lipinski definition) is 2. The molecule has 0 amide bonds. The molecular formula is C13H19BrFN3O2. The molecule has 3 N–H and O–H groups in total. The molecule has 0 fully saturated rings. The minimum absolute atomic E-state index is 0.172. The van der Waals surface area contributed by atoms with Gasteiger partial charge in [-0.2, -0.15) is 0 Å². The van der Waals surface area contributed by atoms with Crippen LogP contribution < -0.4 is 5.73 Å². The van der Waals surface area contributed by atoms with Gasteiger partial charge in [-0.05, 0) is 23.8 Å². The predicted octanol–water partition coefficient (Wildman–Crippen LogP) is 2.17. The number of nitrogens with two attached hydrogens (primary N) is 1. The number of benzene rings is 1. The lowest BCUT2D eigenvalue weighted by Gasteiger charge is -2.22. The maximum absolute atomic E-state index is 13.3. The van der Waals surface area contributed by atoms with Gasteiger partial charge in [0, 0.05) is 37.6 Å². The van der Waals surface area contributed by atoms with Crippen LogP contribution in [0.25, 0.3) is 0 Å². The third-order valence-electron chi connectivity index (χ3n) is 2.83. The van der Waals surface area contributed by atoms with Gasteiger partial charge in [0.25, 0.3) is 0 Å². The van der Waals surface area contributed by atoms with Crippen LogP contribution in [0.1, 0.15) is 12.0 Å². The maximum Gasteiger partial charge on any atom is 0.140 e. The number of oxime groups is 1. The molecule has 0 saturated carbocycles. The van der Waals surface area contributed by atoms with Crippen LogP contribution in [-0.4, -0.2) is 42.7 Å². The summed E-state index contributed by atoms with van der Waals surface area (Å²) in [5, 5.41) is 11.5. The lowest BCUT2D eigenvalue weighted by atomic mass is 10.2. The Labute approximate surface area is 126 Å². The van der Waals surface area contributed by atoms with Crippen LogP contribution in [0.5, 0.6) is 0 Å². The normalized spacial score (nSPS) is 12.1. The first-order valence-corrected chi connectivity index (χ1v) is 6.97. The molecule has 0 aromatic heterocycles. The van der Waals surface area contributed by atoms with Gasteiger partial charge in [-0.3, -0.25) is 4.90 Å². The van der Waals surface area contributed by atoms with Crippen LogP contribution in [0.15, 0.2) is 27.8 Å². The number of methoxy groups -OCH3 is 1. The Morgan fingerprint density at radius 2 is 2.25 bits per heavy atom. The van der Waals surface area contributed by atoms with E-state index in [4.69, 9.17) is 15.7 Å². The quantitative estimate of drug-likeness (QED) is 0.327. The van der Waals surface area contributed by atoms with Crippen molar-refractivity contribution in [2.75, 3.05) is 26.8 Å². The summed E-state index contributed by atoms with van der Waals surface area (Å²) in [6, 6.07) is 4.58. The summed E-state index contributed by atoms with van der Waals surface area (Å²) in [7, 11) is 1.62. The van der Waals surface area contributed by atoms with E-state index >= 15 is 0 Å². The van der Waals surface area contributed by atoms with Crippen molar-refractivity contribution in [3.05, 3.63) is 34.1 Å². The second-order valence-corrected chi connectivity index (χ2v) is 5.20. The number of hydrogen-bond acceptors (Lipinski definition) is 4. The van der Waals surface area contributed by atoms with E-state index in [0.717, 1.165) is 10.0 Å². The minimum atomic E-state index is -0.272. The van der Waals surface area contributed by atoms with Crippen molar-refractivity contribution >= 4 is 21.8 Å². The van der Waals surface area contributed by atoms with Crippen LogP contribution >= 0.6 is 15.9 Å². The van der Waals surface area contributed by atoms with Gasteiger partial charge in [-0.15, -0.1) is 0 Å². The van der Waals surface area contributed by atoms with Crippen molar-refractivity contribution in [3.63, 3.8) is 0 Å². The first kappa shape index (κ1) is 16.9.